The van der Waals surface area contributed by atoms with Crippen LogP contribution < -0.4 is 14.8 Å². The van der Waals surface area contributed by atoms with Gasteiger partial charge < -0.3 is 19.5 Å². The molecule has 22 heavy (non-hydrogen) atoms. The zero-order valence-corrected chi connectivity index (χ0v) is 12.8. The summed E-state index contributed by atoms with van der Waals surface area (Å²) in [7, 11) is 0. The van der Waals surface area contributed by atoms with E-state index in [4.69, 9.17) is 14.2 Å². The molecule has 2 aliphatic heterocycles. The number of rotatable bonds is 4. The molecule has 1 aromatic rings. The predicted octanol–water partition coefficient (Wildman–Crippen LogP) is 2.28. The fourth-order valence-electron chi connectivity index (χ4n) is 2.82. The van der Waals surface area contributed by atoms with Crippen LogP contribution in [-0.4, -0.2) is 32.3 Å². The van der Waals surface area contributed by atoms with E-state index in [0.29, 0.717) is 38.7 Å². The van der Waals surface area contributed by atoms with E-state index in [0.717, 1.165) is 42.9 Å². The minimum atomic E-state index is 0.0858. The Labute approximate surface area is 130 Å². The first-order valence-electron chi connectivity index (χ1n) is 8.04. The standard InChI is InChI=1S/C17H23NO4/c19-17(10-14-3-1-6-20-12-14)18-11-13-4-5-15-16(9-13)22-8-2-7-21-15/h4-5,9,14H,1-3,6-8,10-12H2,(H,18,19)/t14-/m0/s1. The van der Waals surface area contributed by atoms with Crippen LogP contribution in [0.25, 0.3) is 0 Å². The molecule has 1 fully saturated rings. The first kappa shape index (κ1) is 15.2. The fourth-order valence-corrected chi connectivity index (χ4v) is 2.82. The SMILES string of the molecule is O=C(C[C@@H]1CCCOC1)NCc1ccc2c(c1)OCCCO2. The molecule has 120 valence electrons. The maximum Gasteiger partial charge on any atom is 0.220 e. The number of carbonyl (C=O) groups excluding carboxylic acids is 1. The van der Waals surface area contributed by atoms with Crippen molar-refractivity contribution >= 4 is 5.91 Å². The highest BCUT2D eigenvalue weighted by molar-refractivity contribution is 5.76. The number of ether oxygens (including phenoxy) is 3. The second kappa shape index (κ2) is 7.49. The molecule has 0 spiro atoms. The van der Waals surface area contributed by atoms with Crippen molar-refractivity contribution in [2.45, 2.75) is 32.2 Å². The third-order valence-corrected chi connectivity index (χ3v) is 4.03. The van der Waals surface area contributed by atoms with Crippen molar-refractivity contribution in [3.05, 3.63) is 23.8 Å². The molecule has 2 aliphatic rings. The minimum absolute atomic E-state index is 0.0858. The number of amides is 1. The molecule has 1 N–H and O–H groups in total. The van der Waals surface area contributed by atoms with Gasteiger partial charge in [-0.25, -0.2) is 0 Å². The number of hydrogen-bond acceptors (Lipinski definition) is 4. The maximum absolute atomic E-state index is 12.0. The Hall–Kier alpha value is -1.75. The summed E-state index contributed by atoms with van der Waals surface area (Å²) in [5.41, 5.74) is 1.03. The molecule has 1 atom stereocenters. The van der Waals surface area contributed by atoms with Crippen LogP contribution in [0.5, 0.6) is 11.5 Å². The molecule has 0 unspecified atom stereocenters. The Balaban J connectivity index is 1.50. The molecule has 0 saturated carbocycles. The van der Waals surface area contributed by atoms with Crippen molar-refractivity contribution in [3.63, 3.8) is 0 Å². The van der Waals surface area contributed by atoms with Crippen LogP contribution in [0.3, 0.4) is 0 Å². The summed E-state index contributed by atoms with van der Waals surface area (Å²) < 4.78 is 16.7. The lowest BCUT2D eigenvalue weighted by Gasteiger charge is -2.21. The number of nitrogens with one attached hydrogen (secondary N) is 1. The van der Waals surface area contributed by atoms with Gasteiger partial charge in [-0.15, -0.1) is 0 Å². The highest BCUT2D eigenvalue weighted by Gasteiger charge is 2.17. The molecular formula is C17H23NO4. The lowest BCUT2D eigenvalue weighted by atomic mass is 9.98. The van der Waals surface area contributed by atoms with Crippen LogP contribution in [0, 0.1) is 5.92 Å². The zero-order valence-electron chi connectivity index (χ0n) is 12.8. The smallest absolute Gasteiger partial charge is 0.220 e. The van der Waals surface area contributed by atoms with E-state index in [-0.39, 0.29) is 5.91 Å². The Kier molecular flexibility index (Phi) is 5.16. The topological polar surface area (TPSA) is 56.8 Å². The van der Waals surface area contributed by atoms with E-state index >= 15 is 0 Å². The van der Waals surface area contributed by atoms with Gasteiger partial charge in [0.2, 0.25) is 5.91 Å². The lowest BCUT2D eigenvalue weighted by molar-refractivity contribution is -0.123. The van der Waals surface area contributed by atoms with Gasteiger partial charge in [0, 0.05) is 32.6 Å². The second-order valence-corrected chi connectivity index (χ2v) is 5.90. The molecular weight excluding hydrogens is 282 g/mol. The number of hydrogen-bond donors (Lipinski definition) is 1. The van der Waals surface area contributed by atoms with Crippen LogP contribution in [0.1, 0.15) is 31.2 Å². The molecule has 0 radical (unpaired) electrons. The Morgan fingerprint density at radius 2 is 2.00 bits per heavy atom. The van der Waals surface area contributed by atoms with E-state index in [9.17, 15) is 4.79 Å². The van der Waals surface area contributed by atoms with E-state index in [2.05, 4.69) is 5.32 Å². The summed E-state index contributed by atoms with van der Waals surface area (Å²) >= 11 is 0. The van der Waals surface area contributed by atoms with Gasteiger partial charge in [0.15, 0.2) is 11.5 Å². The molecule has 5 heteroatoms. The quantitative estimate of drug-likeness (QED) is 0.927. The number of carbonyl (C=O) groups is 1. The van der Waals surface area contributed by atoms with Crippen LogP contribution in [0.4, 0.5) is 0 Å². The van der Waals surface area contributed by atoms with E-state index in [1.54, 1.807) is 0 Å². The zero-order chi connectivity index (χ0) is 15.2. The lowest BCUT2D eigenvalue weighted by Crippen LogP contribution is -2.28. The van der Waals surface area contributed by atoms with Crippen LogP contribution in [0.2, 0.25) is 0 Å². The van der Waals surface area contributed by atoms with E-state index < -0.39 is 0 Å². The predicted molar refractivity (Wildman–Crippen MR) is 82.1 cm³/mol. The fraction of sp³-hybridized carbons (Fsp3) is 0.588. The number of benzene rings is 1. The summed E-state index contributed by atoms with van der Waals surface area (Å²) in [5.74, 6) is 2.00. The van der Waals surface area contributed by atoms with Crippen molar-refractivity contribution in [2.24, 2.45) is 5.92 Å². The second-order valence-electron chi connectivity index (χ2n) is 5.90. The number of fused-ring (bicyclic) bond motifs is 1. The first-order valence-corrected chi connectivity index (χ1v) is 8.04. The molecule has 0 aromatic heterocycles. The van der Waals surface area contributed by atoms with Crippen molar-refractivity contribution in [1.82, 2.24) is 5.32 Å². The highest BCUT2D eigenvalue weighted by Crippen LogP contribution is 2.30. The normalized spacial score (nSPS) is 21.0. The molecule has 1 saturated heterocycles. The largest absolute Gasteiger partial charge is 0.490 e. The maximum atomic E-state index is 12.0. The summed E-state index contributed by atoms with van der Waals surface area (Å²) in [6, 6.07) is 5.83. The molecule has 0 aliphatic carbocycles. The Bertz CT molecular complexity index is 511. The molecule has 1 amide bonds. The molecule has 3 rings (SSSR count). The van der Waals surface area contributed by atoms with E-state index in [1.807, 2.05) is 18.2 Å². The van der Waals surface area contributed by atoms with Gasteiger partial charge >= 0.3 is 0 Å². The van der Waals surface area contributed by atoms with Gasteiger partial charge in [0.1, 0.15) is 0 Å². The Morgan fingerprint density at radius 3 is 2.82 bits per heavy atom. The molecule has 1 aromatic carbocycles. The van der Waals surface area contributed by atoms with Crippen LogP contribution in [0.15, 0.2) is 18.2 Å². The third kappa shape index (κ3) is 4.13. The van der Waals surface area contributed by atoms with E-state index in [1.165, 1.54) is 0 Å². The van der Waals surface area contributed by atoms with Crippen molar-refractivity contribution in [3.8, 4) is 11.5 Å². The highest BCUT2D eigenvalue weighted by atomic mass is 16.5. The monoisotopic (exact) mass is 305 g/mol. The summed E-state index contributed by atoms with van der Waals surface area (Å²) in [5, 5.41) is 2.98. The van der Waals surface area contributed by atoms with Gasteiger partial charge in [-0.05, 0) is 36.5 Å². The summed E-state index contributed by atoms with van der Waals surface area (Å²) in [6.07, 6.45) is 3.58. The van der Waals surface area contributed by atoms with Gasteiger partial charge in [0.05, 0.1) is 13.2 Å². The van der Waals surface area contributed by atoms with Crippen LogP contribution in [-0.2, 0) is 16.1 Å². The third-order valence-electron chi connectivity index (χ3n) is 4.03. The summed E-state index contributed by atoms with van der Waals surface area (Å²) in [4.78, 5) is 12.0. The average Bonchev–Trinajstić information content (AvgIpc) is 2.78. The van der Waals surface area contributed by atoms with Crippen molar-refractivity contribution in [2.75, 3.05) is 26.4 Å². The van der Waals surface area contributed by atoms with Crippen molar-refractivity contribution < 1.29 is 19.0 Å². The average molecular weight is 305 g/mol. The van der Waals surface area contributed by atoms with Crippen LogP contribution >= 0.6 is 0 Å². The van der Waals surface area contributed by atoms with Gasteiger partial charge in [0.25, 0.3) is 0 Å². The summed E-state index contributed by atoms with van der Waals surface area (Å²) in [6.45, 7) is 3.41. The van der Waals surface area contributed by atoms with Gasteiger partial charge in [-0.3, -0.25) is 4.79 Å². The molecule has 0 bridgehead atoms. The van der Waals surface area contributed by atoms with Gasteiger partial charge in [-0.2, -0.15) is 0 Å². The Morgan fingerprint density at radius 1 is 1.14 bits per heavy atom. The van der Waals surface area contributed by atoms with Gasteiger partial charge in [-0.1, -0.05) is 6.07 Å². The molecule has 5 nitrogen and oxygen atoms in total. The minimum Gasteiger partial charge on any atom is -0.490 e. The molecule has 2 heterocycles. The van der Waals surface area contributed by atoms with Crippen molar-refractivity contribution in [1.29, 1.82) is 0 Å². The first-order chi connectivity index (χ1) is 10.8.